The molecule has 2 aromatic carbocycles. The first-order valence-electron chi connectivity index (χ1n) is 11.7. The largest absolute Gasteiger partial charge is 0.507 e. The van der Waals surface area contributed by atoms with Gasteiger partial charge in [-0.1, -0.05) is 92.3 Å². The van der Waals surface area contributed by atoms with E-state index < -0.39 is 0 Å². The number of phenols is 2. The zero-order valence-corrected chi connectivity index (χ0v) is 21.6. The molecule has 174 valence electrons. The maximum Gasteiger partial charge on any atom is 0.125 e. The maximum absolute atomic E-state index is 10.9. The van der Waals surface area contributed by atoms with Gasteiger partial charge in [0.1, 0.15) is 11.5 Å². The molecule has 0 atom stereocenters. The Morgan fingerprint density at radius 2 is 1.12 bits per heavy atom. The van der Waals surface area contributed by atoms with E-state index in [2.05, 4.69) is 73.8 Å². The van der Waals surface area contributed by atoms with E-state index in [1.54, 1.807) is 12.2 Å². The quantitative estimate of drug-likeness (QED) is 0.478. The van der Waals surface area contributed by atoms with Crippen LogP contribution < -0.4 is 0 Å². The summed E-state index contributed by atoms with van der Waals surface area (Å²) < 4.78 is 0. The smallest absolute Gasteiger partial charge is 0.125 e. The van der Waals surface area contributed by atoms with Crippen molar-refractivity contribution in [3.63, 3.8) is 0 Å². The molecule has 0 fully saturated rings. The molecule has 32 heavy (non-hydrogen) atoms. The Labute approximate surface area is 195 Å². The Hall–Kier alpha value is -2.48. The third-order valence-corrected chi connectivity index (χ3v) is 6.35. The summed E-state index contributed by atoms with van der Waals surface area (Å²) in [5, 5.41) is 21.8. The van der Waals surface area contributed by atoms with Gasteiger partial charge >= 0.3 is 0 Å². The molecule has 0 spiro atoms. The Morgan fingerprint density at radius 1 is 0.781 bits per heavy atom. The molecule has 0 unspecified atom stereocenters. The van der Waals surface area contributed by atoms with Crippen LogP contribution in [-0.2, 0) is 10.8 Å². The van der Waals surface area contributed by atoms with Crippen molar-refractivity contribution in [3.8, 4) is 11.5 Å². The lowest BCUT2D eigenvalue weighted by molar-refractivity contribution is 0.461. The third-order valence-electron chi connectivity index (χ3n) is 6.35. The fraction of sp³-hybridized carbons (Fsp3) is 0.467. The van der Waals surface area contributed by atoms with E-state index in [0.29, 0.717) is 11.5 Å². The van der Waals surface area contributed by atoms with Gasteiger partial charge in [0.2, 0.25) is 0 Å². The Morgan fingerprint density at radius 3 is 1.38 bits per heavy atom. The number of aryl methyl sites for hydroxylation is 2. The minimum atomic E-state index is -0.175. The normalized spacial score (nSPS) is 12.3. The van der Waals surface area contributed by atoms with Crippen LogP contribution in [0.3, 0.4) is 0 Å². The lowest BCUT2D eigenvalue weighted by Gasteiger charge is -2.35. The molecule has 0 radical (unpaired) electrons. The van der Waals surface area contributed by atoms with Crippen molar-refractivity contribution in [2.75, 3.05) is 0 Å². The molecule has 0 aliphatic rings. The number of phenolic OH excluding ortho intramolecular Hbond substituents is 2. The molecule has 2 N–H and O–H groups in total. The lowest BCUT2D eigenvalue weighted by Crippen LogP contribution is -2.23. The molecule has 0 saturated carbocycles. The van der Waals surface area contributed by atoms with Crippen molar-refractivity contribution in [1.82, 2.24) is 0 Å². The summed E-state index contributed by atoms with van der Waals surface area (Å²) in [6.45, 7) is 27.4. The molecule has 0 heterocycles. The van der Waals surface area contributed by atoms with Gasteiger partial charge in [0.25, 0.3) is 0 Å². The summed E-state index contributed by atoms with van der Waals surface area (Å²) in [4.78, 5) is 0. The average molecular weight is 435 g/mol. The van der Waals surface area contributed by atoms with Crippen LogP contribution in [0.5, 0.6) is 11.5 Å². The van der Waals surface area contributed by atoms with E-state index in [0.717, 1.165) is 46.2 Å². The van der Waals surface area contributed by atoms with Crippen LogP contribution in [-0.4, -0.2) is 10.2 Å². The number of rotatable bonds is 6. The summed E-state index contributed by atoms with van der Waals surface area (Å²) in [5.41, 5.74) is 7.76. The van der Waals surface area contributed by atoms with Crippen LogP contribution >= 0.6 is 0 Å². The van der Waals surface area contributed by atoms with Crippen molar-refractivity contribution in [1.29, 1.82) is 0 Å². The van der Waals surface area contributed by atoms with Gasteiger partial charge in [-0.2, -0.15) is 0 Å². The number of hydrogen-bond donors (Lipinski definition) is 2. The van der Waals surface area contributed by atoms with Gasteiger partial charge < -0.3 is 10.2 Å². The summed E-state index contributed by atoms with van der Waals surface area (Å²) in [5.74, 6) is 0.752. The Balaban J connectivity index is 3.10. The molecule has 0 amide bonds. The highest BCUT2D eigenvalue weighted by atomic mass is 16.3. The minimum absolute atomic E-state index is 0.124. The van der Waals surface area contributed by atoms with Crippen LogP contribution in [0.15, 0.2) is 25.3 Å². The van der Waals surface area contributed by atoms with Crippen LogP contribution in [0, 0.1) is 13.8 Å². The molecular weight excluding hydrogens is 392 g/mol. The average Bonchev–Trinajstić information content (AvgIpc) is 2.67. The lowest BCUT2D eigenvalue weighted by atomic mass is 9.69. The molecule has 2 heteroatoms. The first-order valence-corrected chi connectivity index (χ1v) is 11.7. The van der Waals surface area contributed by atoms with Crippen molar-refractivity contribution in [3.05, 3.63) is 69.8 Å². The van der Waals surface area contributed by atoms with Gasteiger partial charge in [0, 0.05) is 17.0 Å². The van der Waals surface area contributed by atoms with E-state index >= 15 is 0 Å². The molecule has 2 nitrogen and oxygen atoms in total. The van der Waals surface area contributed by atoms with Gasteiger partial charge in [-0.15, -0.1) is 0 Å². The first-order chi connectivity index (χ1) is 14.7. The predicted molar refractivity (Wildman–Crippen MR) is 140 cm³/mol. The zero-order valence-electron chi connectivity index (χ0n) is 21.6. The summed E-state index contributed by atoms with van der Waals surface area (Å²) >= 11 is 0. The van der Waals surface area contributed by atoms with Crippen LogP contribution in [0.4, 0.5) is 0 Å². The van der Waals surface area contributed by atoms with Crippen molar-refractivity contribution >= 4 is 12.2 Å². The number of benzene rings is 2. The standard InChI is InChI=1S/C30H42O2/c1-12-15-22(23-16-18(4)27(31)20(13-2)25(23)29(6,7)8)24-17-19(5)28(32)21(14-3)26(24)30(9,10)11/h13-14,16-17,22,31-32H,2-3,12,15H2,1,4-11H3. The van der Waals surface area contributed by atoms with E-state index in [1.165, 1.54) is 11.1 Å². The monoisotopic (exact) mass is 434 g/mol. The summed E-state index contributed by atoms with van der Waals surface area (Å²) in [6, 6.07) is 4.32. The molecular formula is C30H42O2. The van der Waals surface area contributed by atoms with Crippen molar-refractivity contribution < 1.29 is 10.2 Å². The first kappa shape index (κ1) is 25.8. The Bertz CT molecular complexity index is 945. The van der Waals surface area contributed by atoms with Crippen molar-refractivity contribution in [2.24, 2.45) is 0 Å². The second-order valence-corrected chi connectivity index (χ2v) is 11.1. The predicted octanol–water partition coefficient (Wildman–Crippen LogP) is 8.53. The van der Waals surface area contributed by atoms with Crippen LogP contribution in [0.2, 0.25) is 0 Å². The molecule has 2 rings (SSSR count). The summed E-state index contributed by atoms with van der Waals surface area (Å²) in [6.07, 6.45) is 5.56. The molecule has 0 bridgehead atoms. The highest BCUT2D eigenvalue weighted by molar-refractivity contribution is 5.70. The van der Waals surface area contributed by atoms with Crippen molar-refractivity contribution in [2.45, 2.75) is 91.9 Å². The summed E-state index contributed by atoms with van der Waals surface area (Å²) in [7, 11) is 0. The molecule has 0 aliphatic heterocycles. The molecule has 2 aromatic rings. The topological polar surface area (TPSA) is 40.5 Å². The minimum Gasteiger partial charge on any atom is -0.507 e. The zero-order chi connectivity index (χ0) is 24.6. The van der Waals surface area contributed by atoms with Gasteiger partial charge in [-0.3, -0.25) is 0 Å². The van der Waals surface area contributed by atoms with Crippen LogP contribution in [0.1, 0.15) is 112 Å². The van der Waals surface area contributed by atoms with Gasteiger partial charge in [0.15, 0.2) is 0 Å². The molecule has 0 aliphatic carbocycles. The third kappa shape index (κ3) is 4.65. The molecule has 0 saturated heterocycles. The second kappa shape index (κ2) is 9.17. The van der Waals surface area contributed by atoms with Crippen LogP contribution in [0.25, 0.3) is 12.2 Å². The van der Waals surface area contributed by atoms with E-state index in [1.807, 2.05) is 13.8 Å². The SMILES string of the molecule is C=Cc1c(O)c(C)cc(C(CCC)c2cc(C)c(O)c(C=C)c2C(C)(C)C)c1C(C)(C)C. The highest BCUT2D eigenvalue weighted by Gasteiger charge is 2.33. The van der Waals surface area contributed by atoms with E-state index in [-0.39, 0.29) is 16.7 Å². The fourth-order valence-electron chi connectivity index (χ4n) is 5.11. The second-order valence-electron chi connectivity index (χ2n) is 11.1. The maximum atomic E-state index is 10.9. The fourth-order valence-corrected chi connectivity index (χ4v) is 5.11. The number of aromatic hydroxyl groups is 2. The molecule has 0 aromatic heterocycles. The van der Waals surface area contributed by atoms with Gasteiger partial charge in [-0.25, -0.2) is 0 Å². The highest BCUT2D eigenvalue weighted by Crippen LogP contribution is 2.47. The van der Waals surface area contributed by atoms with E-state index in [9.17, 15) is 10.2 Å². The van der Waals surface area contributed by atoms with E-state index in [4.69, 9.17) is 0 Å². The van der Waals surface area contributed by atoms with Gasteiger partial charge in [0.05, 0.1) is 0 Å². The Kier molecular flexibility index (Phi) is 7.39. The number of hydrogen-bond acceptors (Lipinski definition) is 2. The van der Waals surface area contributed by atoms with Gasteiger partial charge in [-0.05, 0) is 64.5 Å².